The smallest absolute Gasteiger partial charge is 0.344 e. The maximum Gasteiger partial charge on any atom is 0.344 e. The third-order valence-electron chi connectivity index (χ3n) is 1.90. The van der Waals surface area contributed by atoms with Gasteiger partial charge in [0.25, 0.3) is 0 Å². The Morgan fingerprint density at radius 2 is 2.06 bits per heavy atom. The Morgan fingerprint density at radius 3 is 2.75 bits per heavy atom. The number of allylic oxidation sites excluding steroid dienone is 1. The van der Waals surface area contributed by atoms with Crippen molar-refractivity contribution < 1.29 is 14.3 Å². The fourth-order valence-corrected chi connectivity index (χ4v) is 1.19. The molecule has 0 saturated heterocycles. The molecule has 0 bridgehead atoms. The third kappa shape index (κ3) is 5.20. The highest BCUT2D eigenvalue weighted by atomic mass is 16.6. The van der Waals surface area contributed by atoms with E-state index in [1.807, 2.05) is 36.4 Å². The number of rotatable bonds is 6. The van der Waals surface area contributed by atoms with E-state index in [0.29, 0.717) is 6.61 Å². The first-order valence-electron chi connectivity index (χ1n) is 5.29. The zero-order valence-electron chi connectivity index (χ0n) is 9.39. The molecule has 3 nitrogen and oxygen atoms in total. The van der Waals surface area contributed by atoms with E-state index in [0.717, 1.165) is 6.42 Å². The molecule has 0 aromatic heterocycles. The minimum Gasteiger partial charge on any atom is -0.490 e. The lowest BCUT2D eigenvalue weighted by molar-refractivity contribution is -0.146. The average molecular weight is 220 g/mol. The summed E-state index contributed by atoms with van der Waals surface area (Å²) in [7, 11) is 0. The Kier molecular flexibility index (Phi) is 5.78. The van der Waals surface area contributed by atoms with Crippen molar-refractivity contribution >= 4 is 5.97 Å². The highest BCUT2D eigenvalue weighted by molar-refractivity contribution is 5.70. The number of benzene rings is 1. The normalized spacial score (nSPS) is 10.3. The monoisotopic (exact) mass is 220 g/mol. The summed E-state index contributed by atoms with van der Waals surface area (Å²) in [5.41, 5.74) is 1.21. The molecule has 1 aromatic carbocycles. The lowest BCUT2D eigenvalue weighted by atomic mass is 10.2. The summed E-state index contributed by atoms with van der Waals surface area (Å²) in [4.78, 5) is 10.9. The molecule has 0 fully saturated rings. The molecular weight excluding hydrogens is 204 g/mol. The van der Waals surface area contributed by atoms with E-state index >= 15 is 0 Å². The molecule has 0 saturated carbocycles. The predicted octanol–water partition coefficient (Wildman–Crippen LogP) is 2.32. The van der Waals surface area contributed by atoms with Crippen LogP contribution in [-0.2, 0) is 20.7 Å². The van der Waals surface area contributed by atoms with Crippen LogP contribution in [-0.4, -0.2) is 19.2 Å². The number of hydrogen-bond donors (Lipinski definition) is 0. The quantitative estimate of drug-likeness (QED) is 0.545. The minimum absolute atomic E-state index is 0.0286. The van der Waals surface area contributed by atoms with Crippen molar-refractivity contribution in [2.24, 2.45) is 0 Å². The van der Waals surface area contributed by atoms with Crippen molar-refractivity contribution in [3.8, 4) is 0 Å². The lowest BCUT2D eigenvalue weighted by Crippen LogP contribution is -2.10. The van der Waals surface area contributed by atoms with Crippen molar-refractivity contribution in [3.05, 3.63) is 48.2 Å². The Balaban J connectivity index is 2.16. The molecule has 16 heavy (non-hydrogen) atoms. The topological polar surface area (TPSA) is 35.5 Å². The van der Waals surface area contributed by atoms with Crippen molar-refractivity contribution in [1.82, 2.24) is 0 Å². The zero-order chi connectivity index (χ0) is 11.6. The summed E-state index contributed by atoms with van der Waals surface area (Å²) >= 11 is 0. The summed E-state index contributed by atoms with van der Waals surface area (Å²) < 4.78 is 9.72. The lowest BCUT2D eigenvalue weighted by Gasteiger charge is -2.00. The maximum absolute atomic E-state index is 10.9. The van der Waals surface area contributed by atoms with Gasteiger partial charge in [0, 0.05) is 0 Å². The van der Waals surface area contributed by atoms with Gasteiger partial charge >= 0.3 is 5.97 Å². The molecule has 0 heterocycles. The van der Waals surface area contributed by atoms with E-state index in [9.17, 15) is 4.79 Å². The van der Waals surface area contributed by atoms with Gasteiger partial charge in [-0.25, -0.2) is 4.79 Å². The number of carbonyl (C=O) groups is 1. The largest absolute Gasteiger partial charge is 0.490 e. The average Bonchev–Trinajstić information content (AvgIpc) is 2.30. The summed E-state index contributed by atoms with van der Waals surface area (Å²) in [6, 6.07) is 10.0. The Labute approximate surface area is 95.7 Å². The summed E-state index contributed by atoms with van der Waals surface area (Å²) in [6.45, 7) is 2.12. The molecule has 86 valence electrons. The van der Waals surface area contributed by atoms with Crippen LogP contribution in [0.1, 0.15) is 12.5 Å². The van der Waals surface area contributed by atoms with Gasteiger partial charge < -0.3 is 9.47 Å². The summed E-state index contributed by atoms with van der Waals surface area (Å²) in [5.74, 6) is -0.341. The second-order valence-electron chi connectivity index (χ2n) is 3.18. The first kappa shape index (κ1) is 12.3. The molecule has 3 heteroatoms. The number of ether oxygens (including phenoxy) is 2. The molecule has 0 unspecified atom stereocenters. The van der Waals surface area contributed by atoms with Crippen molar-refractivity contribution in [2.45, 2.75) is 13.3 Å². The van der Waals surface area contributed by atoms with E-state index < -0.39 is 0 Å². The molecule has 1 aromatic rings. The van der Waals surface area contributed by atoms with Crippen LogP contribution >= 0.6 is 0 Å². The molecule has 0 radical (unpaired) electrons. The van der Waals surface area contributed by atoms with Crippen LogP contribution in [0.25, 0.3) is 0 Å². The van der Waals surface area contributed by atoms with Crippen LogP contribution in [0.3, 0.4) is 0 Å². The highest BCUT2D eigenvalue weighted by Gasteiger charge is 1.98. The molecule has 0 N–H and O–H groups in total. The van der Waals surface area contributed by atoms with Crippen molar-refractivity contribution in [3.63, 3.8) is 0 Å². The minimum atomic E-state index is -0.341. The van der Waals surface area contributed by atoms with Gasteiger partial charge in [-0.2, -0.15) is 0 Å². The SMILES string of the molecule is CCOC(=O)COC=CCc1ccccc1. The molecule has 0 aliphatic carbocycles. The van der Waals surface area contributed by atoms with Gasteiger partial charge in [-0.05, 0) is 25.0 Å². The second-order valence-corrected chi connectivity index (χ2v) is 3.18. The fraction of sp³-hybridized carbons (Fsp3) is 0.308. The van der Waals surface area contributed by atoms with E-state index in [4.69, 9.17) is 9.47 Å². The van der Waals surface area contributed by atoms with Gasteiger partial charge in [0.1, 0.15) is 0 Å². The molecule has 1 rings (SSSR count). The second kappa shape index (κ2) is 7.51. The van der Waals surface area contributed by atoms with Crippen molar-refractivity contribution in [2.75, 3.05) is 13.2 Å². The fourth-order valence-electron chi connectivity index (χ4n) is 1.19. The van der Waals surface area contributed by atoms with Crippen LogP contribution < -0.4 is 0 Å². The van der Waals surface area contributed by atoms with Gasteiger partial charge in [-0.3, -0.25) is 0 Å². The summed E-state index contributed by atoms with van der Waals surface area (Å²) in [6.07, 6.45) is 4.20. The first-order valence-corrected chi connectivity index (χ1v) is 5.29. The van der Waals surface area contributed by atoms with Crippen LogP contribution in [0.4, 0.5) is 0 Å². The van der Waals surface area contributed by atoms with Crippen LogP contribution in [0.2, 0.25) is 0 Å². The van der Waals surface area contributed by atoms with Gasteiger partial charge in [-0.1, -0.05) is 30.3 Å². The molecule has 0 amide bonds. The van der Waals surface area contributed by atoms with Crippen LogP contribution in [0.15, 0.2) is 42.7 Å². The van der Waals surface area contributed by atoms with Gasteiger partial charge in [0.15, 0.2) is 6.61 Å². The predicted molar refractivity (Wildman–Crippen MR) is 61.9 cm³/mol. The highest BCUT2D eigenvalue weighted by Crippen LogP contribution is 1.99. The Morgan fingerprint density at radius 1 is 1.31 bits per heavy atom. The Bertz CT molecular complexity index is 330. The van der Waals surface area contributed by atoms with Crippen LogP contribution in [0, 0.1) is 0 Å². The van der Waals surface area contributed by atoms with Gasteiger partial charge in [0.2, 0.25) is 0 Å². The molecular formula is C13H16O3. The van der Waals surface area contributed by atoms with Crippen molar-refractivity contribution in [1.29, 1.82) is 0 Å². The van der Waals surface area contributed by atoms with E-state index in [2.05, 4.69) is 0 Å². The van der Waals surface area contributed by atoms with E-state index in [1.165, 1.54) is 11.8 Å². The number of esters is 1. The van der Waals surface area contributed by atoms with E-state index in [1.54, 1.807) is 6.92 Å². The third-order valence-corrected chi connectivity index (χ3v) is 1.90. The van der Waals surface area contributed by atoms with E-state index in [-0.39, 0.29) is 12.6 Å². The van der Waals surface area contributed by atoms with Gasteiger partial charge in [0.05, 0.1) is 12.9 Å². The molecule has 0 atom stereocenters. The van der Waals surface area contributed by atoms with Crippen LogP contribution in [0.5, 0.6) is 0 Å². The maximum atomic E-state index is 10.9. The Hall–Kier alpha value is -1.77. The molecule has 0 aliphatic heterocycles. The molecule has 0 aliphatic rings. The number of hydrogen-bond acceptors (Lipinski definition) is 3. The standard InChI is InChI=1S/C13H16O3/c1-2-16-13(14)11-15-10-6-9-12-7-4-3-5-8-12/h3-8,10H,2,9,11H2,1H3. The summed E-state index contributed by atoms with van der Waals surface area (Å²) in [5, 5.41) is 0. The van der Waals surface area contributed by atoms with Gasteiger partial charge in [-0.15, -0.1) is 0 Å². The number of carbonyl (C=O) groups excluding carboxylic acids is 1. The first-order chi connectivity index (χ1) is 7.83. The zero-order valence-corrected chi connectivity index (χ0v) is 9.39. The molecule has 0 spiro atoms.